The van der Waals surface area contributed by atoms with Crippen molar-refractivity contribution in [1.82, 2.24) is 5.16 Å². The minimum absolute atomic E-state index is 0.0806. The Morgan fingerprint density at radius 2 is 1.50 bits per heavy atom. The van der Waals surface area contributed by atoms with E-state index in [0.29, 0.717) is 17.2 Å². The van der Waals surface area contributed by atoms with Crippen LogP contribution in [0.2, 0.25) is 0 Å². The van der Waals surface area contributed by atoms with Crippen LogP contribution in [0.25, 0.3) is 24.3 Å². The third-order valence-corrected chi connectivity index (χ3v) is 3.64. The Morgan fingerprint density at radius 3 is 2.23 bits per heavy atom. The van der Waals surface area contributed by atoms with Crippen molar-refractivity contribution in [3.63, 3.8) is 0 Å². The number of aromatic nitrogens is 1. The lowest BCUT2D eigenvalue weighted by Crippen LogP contribution is -1.84. The topological polar surface area (TPSA) is 96.0 Å². The summed E-state index contributed by atoms with van der Waals surface area (Å²) in [6.45, 7) is 0. The van der Waals surface area contributed by atoms with E-state index in [2.05, 4.69) is 5.16 Å². The van der Waals surface area contributed by atoms with Crippen LogP contribution in [0.5, 0.6) is 23.0 Å². The molecule has 0 saturated carbocycles. The molecule has 0 atom stereocenters. The lowest BCUT2D eigenvalue weighted by Gasteiger charge is -2.03. The Kier molecular flexibility index (Phi) is 4.94. The number of phenolic OH excluding ortho intramolecular Hbond substituents is 3. The Labute approximate surface area is 149 Å². The largest absolute Gasteiger partial charge is 0.504 e. The van der Waals surface area contributed by atoms with Gasteiger partial charge in [-0.1, -0.05) is 29.4 Å². The summed E-state index contributed by atoms with van der Waals surface area (Å²) < 4.78 is 10.3. The summed E-state index contributed by atoms with van der Waals surface area (Å²) in [5.74, 6) is 0.690. The van der Waals surface area contributed by atoms with Gasteiger partial charge in [0.25, 0.3) is 0 Å². The molecule has 1 aromatic heterocycles. The standard InChI is InChI=1S/C20H17NO5/c1-25-20-11-14(5-9-18(20)23)3-7-16-12-15(21-26-16)6-2-13-4-8-17(22)19(24)10-13/h2-12,22-24H,1H3/b6-2+,7-3+. The van der Waals surface area contributed by atoms with Crippen molar-refractivity contribution in [2.45, 2.75) is 0 Å². The normalized spacial score (nSPS) is 11.4. The predicted octanol–water partition coefficient (Wildman–Crippen LogP) is 4.14. The summed E-state index contributed by atoms with van der Waals surface area (Å²) in [5, 5.41) is 32.3. The van der Waals surface area contributed by atoms with Gasteiger partial charge < -0.3 is 24.6 Å². The predicted molar refractivity (Wildman–Crippen MR) is 98.8 cm³/mol. The van der Waals surface area contributed by atoms with Crippen molar-refractivity contribution in [2.24, 2.45) is 0 Å². The van der Waals surface area contributed by atoms with Gasteiger partial charge in [-0.2, -0.15) is 0 Å². The SMILES string of the molecule is COc1cc(/C=C/c2cc(/C=C/c3ccc(O)c(O)c3)no2)ccc1O. The Hall–Kier alpha value is -3.67. The number of ether oxygens (including phenoxy) is 1. The molecule has 0 spiro atoms. The first-order valence-electron chi connectivity index (χ1n) is 7.77. The third-order valence-electron chi connectivity index (χ3n) is 3.64. The lowest BCUT2D eigenvalue weighted by atomic mass is 10.1. The molecule has 0 aliphatic rings. The van der Waals surface area contributed by atoms with Crippen LogP contribution >= 0.6 is 0 Å². The van der Waals surface area contributed by atoms with Crippen LogP contribution < -0.4 is 4.74 Å². The minimum atomic E-state index is -0.180. The summed E-state index contributed by atoms with van der Waals surface area (Å²) in [5.41, 5.74) is 2.17. The average Bonchev–Trinajstić information content (AvgIpc) is 3.10. The molecule has 6 heteroatoms. The number of phenols is 3. The van der Waals surface area contributed by atoms with Crippen molar-refractivity contribution in [3.8, 4) is 23.0 Å². The van der Waals surface area contributed by atoms with Crippen molar-refractivity contribution in [2.75, 3.05) is 7.11 Å². The van der Waals surface area contributed by atoms with Gasteiger partial charge in [-0.05, 0) is 47.5 Å². The quantitative estimate of drug-likeness (QED) is 0.598. The molecule has 26 heavy (non-hydrogen) atoms. The molecule has 0 amide bonds. The smallest absolute Gasteiger partial charge is 0.161 e. The molecule has 6 nitrogen and oxygen atoms in total. The molecule has 0 aliphatic heterocycles. The molecule has 2 aromatic carbocycles. The number of hydrogen-bond acceptors (Lipinski definition) is 6. The number of hydrogen-bond donors (Lipinski definition) is 3. The molecular weight excluding hydrogens is 334 g/mol. The van der Waals surface area contributed by atoms with Gasteiger partial charge in [-0.3, -0.25) is 0 Å². The Morgan fingerprint density at radius 1 is 0.808 bits per heavy atom. The first-order valence-corrected chi connectivity index (χ1v) is 7.77. The highest BCUT2D eigenvalue weighted by Gasteiger charge is 2.02. The number of methoxy groups -OCH3 is 1. The number of benzene rings is 2. The van der Waals surface area contributed by atoms with Gasteiger partial charge in [0.15, 0.2) is 28.8 Å². The van der Waals surface area contributed by atoms with Crippen LogP contribution in [-0.4, -0.2) is 27.6 Å². The fourth-order valence-electron chi connectivity index (χ4n) is 2.26. The zero-order chi connectivity index (χ0) is 18.5. The maximum absolute atomic E-state index is 9.59. The fraction of sp³-hybridized carbons (Fsp3) is 0.0500. The number of aromatic hydroxyl groups is 3. The Balaban J connectivity index is 1.71. The second-order valence-electron chi connectivity index (χ2n) is 5.50. The second-order valence-corrected chi connectivity index (χ2v) is 5.50. The molecule has 0 aliphatic carbocycles. The van der Waals surface area contributed by atoms with E-state index in [1.165, 1.54) is 19.2 Å². The van der Waals surface area contributed by atoms with Gasteiger partial charge in [-0.15, -0.1) is 0 Å². The van der Waals surface area contributed by atoms with Gasteiger partial charge in [-0.25, -0.2) is 0 Å². The molecule has 3 rings (SSSR count). The first-order chi connectivity index (χ1) is 12.5. The zero-order valence-corrected chi connectivity index (χ0v) is 14.0. The van der Waals surface area contributed by atoms with E-state index in [4.69, 9.17) is 9.26 Å². The zero-order valence-electron chi connectivity index (χ0n) is 14.0. The number of rotatable bonds is 5. The van der Waals surface area contributed by atoms with Gasteiger partial charge in [0, 0.05) is 6.07 Å². The molecular formula is C20H17NO5. The van der Waals surface area contributed by atoms with Crippen molar-refractivity contribution in [1.29, 1.82) is 0 Å². The summed E-state index contributed by atoms with van der Waals surface area (Å²) in [6, 6.07) is 11.3. The van der Waals surface area contributed by atoms with E-state index in [0.717, 1.165) is 11.1 Å². The molecule has 3 aromatic rings. The summed E-state index contributed by atoms with van der Waals surface area (Å²) >= 11 is 0. The summed E-state index contributed by atoms with van der Waals surface area (Å²) in [6.07, 6.45) is 7.04. The lowest BCUT2D eigenvalue weighted by molar-refractivity contribution is 0.373. The molecule has 0 saturated heterocycles. The molecule has 0 fully saturated rings. The van der Waals surface area contributed by atoms with E-state index >= 15 is 0 Å². The molecule has 132 valence electrons. The second kappa shape index (κ2) is 7.48. The highest BCUT2D eigenvalue weighted by molar-refractivity contribution is 5.72. The maximum atomic E-state index is 9.59. The molecule has 1 heterocycles. The molecule has 0 bridgehead atoms. The van der Waals surface area contributed by atoms with Crippen LogP contribution in [0, 0.1) is 0 Å². The molecule has 0 unspecified atom stereocenters. The average molecular weight is 351 g/mol. The van der Waals surface area contributed by atoms with Crippen LogP contribution in [0.15, 0.2) is 47.0 Å². The van der Waals surface area contributed by atoms with Crippen LogP contribution in [0.1, 0.15) is 22.6 Å². The van der Waals surface area contributed by atoms with Gasteiger partial charge in [0.2, 0.25) is 0 Å². The van der Waals surface area contributed by atoms with Crippen LogP contribution in [-0.2, 0) is 0 Å². The fourth-order valence-corrected chi connectivity index (χ4v) is 2.26. The number of nitrogens with zero attached hydrogens (tertiary/aromatic N) is 1. The van der Waals surface area contributed by atoms with Crippen molar-refractivity contribution < 1.29 is 24.6 Å². The first kappa shape index (κ1) is 17.2. The maximum Gasteiger partial charge on any atom is 0.161 e. The van der Waals surface area contributed by atoms with Gasteiger partial charge in [0.1, 0.15) is 5.69 Å². The van der Waals surface area contributed by atoms with E-state index < -0.39 is 0 Å². The highest BCUT2D eigenvalue weighted by atomic mass is 16.5. The minimum Gasteiger partial charge on any atom is -0.504 e. The van der Waals surface area contributed by atoms with E-state index in [1.807, 2.05) is 6.08 Å². The third kappa shape index (κ3) is 4.05. The van der Waals surface area contributed by atoms with Crippen LogP contribution in [0.3, 0.4) is 0 Å². The van der Waals surface area contributed by atoms with E-state index in [1.54, 1.807) is 48.6 Å². The molecule has 3 N–H and O–H groups in total. The molecule has 0 radical (unpaired) electrons. The van der Waals surface area contributed by atoms with Crippen LogP contribution in [0.4, 0.5) is 0 Å². The summed E-state index contributed by atoms with van der Waals surface area (Å²) in [4.78, 5) is 0. The van der Waals surface area contributed by atoms with Crippen molar-refractivity contribution in [3.05, 3.63) is 65.0 Å². The van der Waals surface area contributed by atoms with Gasteiger partial charge in [0.05, 0.1) is 7.11 Å². The van der Waals surface area contributed by atoms with Crippen molar-refractivity contribution >= 4 is 24.3 Å². The Bertz CT molecular complexity index is 972. The van der Waals surface area contributed by atoms with E-state index in [9.17, 15) is 15.3 Å². The summed E-state index contributed by atoms with van der Waals surface area (Å²) in [7, 11) is 1.49. The van der Waals surface area contributed by atoms with Gasteiger partial charge >= 0.3 is 0 Å². The van der Waals surface area contributed by atoms with E-state index in [-0.39, 0.29) is 17.2 Å². The highest BCUT2D eigenvalue weighted by Crippen LogP contribution is 2.27. The monoisotopic (exact) mass is 351 g/mol.